The first-order chi connectivity index (χ1) is 14.4. The summed E-state index contributed by atoms with van der Waals surface area (Å²) >= 11 is 0. The Labute approximate surface area is 174 Å². The van der Waals surface area contributed by atoms with E-state index in [4.69, 9.17) is 0 Å². The smallest absolute Gasteiger partial charge is 0.246 e. The first-order valence-electron chi connectivity index (χ1n) is 10.2. The van der Waals surface area contributed by atoms with Gasteiger partial charge in [0.2, 0.25) is 11.8 Å². The van der Waals surface area contributed by atoms with Gasteiger partial charge in [-0.1, -0.05) is 6.42 Å². The van der Waals surface area contributed by atoms with Gasteiger partial charge in [0.1, 0.15) is 6.54 Å². The Hall–Kier alpha value is -2.78. The van der Waals surface area contributed by atoms with Gasteiger partial charge in [0, 0.05) is 32.6 Å². The summed E-state index contributed by atoms with van der Waals surface area (Å²) in [6.45, 7) is 4.09. The van der Waals surface area contributed by atoms with Crippen LogP contribution in [0.4, 0.5) is 18.9 Å². The molecule has 30 heavy (non-hydrogen) atoms. The maximum Gasteiger partial charge on any atom is 0.246 e. The van der Waals surface area contributed by atoms with Gasteiger partial charge in [-0.2, -0.15) is 0 Å². The van der Waals surface area contributed by atoms with Crippen LogP contribution >= 0.6 is 0 Å². The molecule has 1 aromatic rings. The minimum atomic E-state index is -1.64. The van der Waals surface area contributed by atoms with Crippen molar-refractivity contribution in [2.75, 3.05) is 38.0 Å². The van der Waals surface area contributed by atoms with E-state index in [1.165, 1.54) is 0 Å². The highest BCUT2D eigenvalue weighted by atomic mass is 19.2. The number of nitrogens with one attached hydrogen (secondary N) is 3. The molecule has 0 spiro atoms. The Balaban J connectivity index is 1.81. The summed E-state index contributed by atoms with van der Waals surface area (Å²) in [5.41, 5.74) is -0.450. The topological polar surface area (TPSA) is 85.8 Å². The highest BCUT2D eigenvalue weighted by Gasteiger charge is 2.16. The fraction of sp³-hybridized carbons (Fsp3) is 0.550. The molecule has 2 amide bonds. The Morgan fingerprint density at radius 3 is 2.70 bits per heavy atom. The number of guanidine groups is 1. The Morgan fingerprint density at radius 1 is 1.13 bits per heavy atom. The molecule has 0 atom stereocenters. The van der Waals surface area contributed by atoms with Crippen molar-refractivity contribution in [1.29, 1.82) is 0 Å². The Kier molecular flexibility index (Phi) is 9.43. The van der Waals surface area contributed by atoms with E-state index in [0.29, 0.717) is 32.0 Å². The van der Waals surface area contributed by atoms with Crippen molar-refractivity contribution in [3.05, 3.63) is 29.6 Å². The molecule has 0 unspecified atom stereocenters. The van der Waals surface area contributed by atoms with Gasteiger partial charge in [-0.3, -0.25) is 9.59 Å². The standard InChI is InChI=1S/C20H28F3N5O2/c1-2-24-20(25-10-6-12-28-11-5-3-4-7-17(28)30)26-13-16(29)27-15-9-8-14(21)18(22)19(15)23/h8-9H,2-7,10-13H2,1H3,(H,27,29)(H2,24,25,26). The quantitative estimate of drug-likeness (QED) is 0.257. The average molecular weight is 427 g/mol. The molecule has 1 fully saturated rings. The van der Waals surface area contributed by atoms with Crippen LogP contribution in [0.1, 0.15) is 39.0 Å². The molecule has 1 aliphatic heterocycles. The number of aliphatic imine (C=N–C) groups is 1. The molecule has 0 radical (unpaired) electrons. The molecule has 166 valence electrons. The van der Waals surface area contributed by atoms with E-state index in [1.807, 2.05) is 11.8 Å². The van der Waals surface area contributed by atoms with Crippen LogP contribution in [0.25, 0.3) is 0 Å². The highest BCUT2D eigenvalue weighted by molar-refractivity contribution is 5.94. The van der Waals surface area contributed by atoms with Crippen molar-refractivity contribution >= 4 is 23.5 Å². The number of benzene rings is 1. The van der Waals surface area contributed by atoms with Crippen molar-refractivity contribution < 1.29 is 22.8 Å². The fourth-order valence-corrected chi connectivity index (χ4v) is 3.06. The summed E-state index contributed by atoms with van der Waals surface area (Å²) in [7, 11) is 0. The molecule has 2 rings (SSSR count). The molecule has 1 aliphatic rings. The minimum absolute atomic E-state index is 0.189. The van der Waals surface area contributed by atoms with Crippen molar-refractivity contribution in [3.63, 3.8) is 0 Å². The summed E-state index contributed by atoms with van der Waals surface area (Å²) in [6, 6.07) is 1.68. The van der Waals surface area contributed by atoms with Gasteiger partial charge in [-0.15, -0.1) is 0 Å². The Morgan fingerprint density at radius 2 is 1.93 bits per heavy atom. The Bertz CT molecular complexity index is 773. The molecule has 7 nitrogen and oxygen atoms in total. The van der Waals surface area contributed by atoms with E-state index in [2.05, 4.69) is 20.9 Å². The largest absolute Gasteiger partial charge is 0.357 e. The van der Waals surface area contributed by atoms with Gasteiger partial charge in [-0.25, -0.2) is 18.2 Å². The number of halogens is 3. The number of carbonyl (C=O) groups is 2. The number of hydrogen-bond acceptors (Lipinski definition) is 3. The predicted octanol–water partition coefficient (Wildman–Crippen LogP) is 2.39. The SMILES string of the molecule is CCNC(=NCC(=O)Nc1ccc(F)c(F)c1F)NCCCN1CCCCCC1=O. The summed E-state index contributed by atoms with van der Waals surface area (Å²) in [5.74, 6) is -4.53. The van der Waals surface area contributed by atoms with Crippen LogP contribution in [0.5, 0.6) is 0 Å². The lowest BCUT2D eigenvalue weighted by atomic mass is 10.2. The molecule has 3 N–H and O–H groups in total. The van der Waals surface area contributed by atoms with E-state index < -0.39 is 29.0 Å². The number of nitrogens with zero attached hydrogens (tertiary/aromatic N) is 2. The first-order valence-corrected chi connectivity index (χ1v) is 10.2. The van der Waals surface area contributed by atoms with Crippen LogP contribution in [0.2, 0.25) is 0 Å². The second-order valence-electron chi connectivity index (χ2n) is 6.94. The molecule has 1 heterocycles. The zero-order valence-corrected chi connectivity index (χ0v) is 17.1. The number of anilines is 1. The molecule has 1 saturated heterocycles. The molecule has 1 aromatic carbocycles. The lowest BCUT2D eigenvalue weighted by molar-refractivity contribution is -0.130. The molecule has 0 aliphatic carbocycles. The van der Waals surface area contributed by atoms with Gasteiger partial charge in [0.05, 0.1) is 5.69 Å². The summed E-state index contributed by atoms with van der Waals surface area (Å²) in [4.78, 5) is 29.9. The fourth-order valence-electron chi connectivity index (χ4n) is 3.06. The second kappa shape index (κ2) is 12.0. The maximum absolute atomic E-state index is 13.6. The van der Waals surface area contributed by atoms with Gasteiger partial charge >= 0.3 is 0 Å². The van der Waals surface area contributed by atoms with Crippen LogP contribution in [0.15, 0.2) is 17.1 Å². The van der Waals surface area contributed by atoms with Crippen molar-refractivity contribution in [3.8, 4) is 0 Å². The van der Waals surface area contributed by atoms with Gasteiger partial charge in [0.25, 0.3) is 0 Å². The normalized spacial score (nSPS) is 15.0. The van der Waals surface area contributed by atoms with E-state index in [9.17, 15) is 22.8 Å². The predicted molar refractivity (Wildman–Crippen MR) is 109 cm³/mol. The second-order valence-corrected chi connectivity index (χ2v) is 6.94. The first kappa shape index (κ1) is 23.5. The van der Waals surface area contributed by atoms with Gasteiger partial charge < -0.3 is 20.9 Å². The minimum Gasteiger partial charge on any atom is -0.357 e. The number of hydrogen-bond donors (Lipinski definition) is 3. The zero-order valence-electron chi connectivity index (χ0n) is 17.1. The van der Waals surface area contributed by atoms with Crippen molar-refractivity contribution in [2.24, 2.45) is 4.99 Å². The van der Waals surface area contributed by atoms with Gasteiger partial charge in [-0.05, 0) is 38.3 Å². The van der Waals surface area contributed by atoms with Crippen molar-refractivity contribution in [2.45, 2.75) is 39.0 Å². The van der Waals surface area contributed by atoms with Crippen LogP contribution in [0.3, 0.4) is 0 Å². The van der Waals surface area contributed by atoms with E-state index in [1.54, 1.807) is 0 Å². The molecule has 0 bridgehead atoms. The summed E-state index contributed by atoms with van der Waals surface area (Å²) < 4.78 is 39.8. The van der Waals surface area contributed by atoms with Crippen LogP contribution in [-0.2, 0) is 9.59 Å². The highest BCUT2D eigenvalue weighted by Crippen LogP contribution is 2.19. The third-order valence-corrected chi connectivity index (χ3v) is 4.60. The monoisotopic (exact) mass is 427 g/mol. The third-order valence-electron chi connectivity index (χ3n) is 4.60. The lowest BCUT2D eigenvalue weighted by Crippen LogP contribution is -2.40. The van der Waals surface area contributed by atoms with Crippen molar-refractivity contribution in [1.82, 2.24) is 15.5 Å². The molecule has 0 aromatic heterocycles. The molecule has 0 saturated carbocycles. The third kappa shape index (κ3) is 7.23. The van der Waals surface area contributed by atoms with E-state index in [-0.39, 0.29) is 12.5 Å². The summed E-state index contributed by atoms with van der Waals surface area (Å²) in [5, 5.41) is 8.23. The van der Waals surface area contributed by atoms with E-state index >= 15 is 0 Å². The van der Waals surface area contributed by atoms with E-state index in [0.717, 1.165) is 44.4 Å². The average Bonchev–Trinajstić information content (AvgIpc) is 2.93. The number of likely N-dealkylation sites (tertiary alicyclic amines) is 1. The van der Waals surface area contributed by atoms with Crippen LogP contribution in [0, 0.1) is 17.5 Å². The maximum atomic E-state index is 13.6. The molecular weight excluding hydrogens is 399 g/mol. The lowest BCUT2D eigenvalue weighted by Gasteiger charge is -2.20. The number of carbonyl (C=O) groups excluding carboxylic acids is 2. The molecular formula is C20H28F3N5O2. The van der Waals surface area contributed by atoms with Crippen LogP contribution < -0.4 is 16.0 Å². The number of amides is 2. The number of rotatable bonds is 8. The van der Waals surface area contributed by atoms with Crippen LogP contribution in [-0.4, -0.2) is 55.4 Å². The zero-order chi connectivity index (χ0) is 21.9. The molecule has 10 heteroatoms. The summed E-state index contributed by atoms with van der Waals surface area (Å²) in [6.07, 6.45) is 4.38. The van der Waals surface area contributed by atoms with Gasteiger partial charge in [0.15, 0.2) is 23.4 Å².